The first-order chi connectivity index (χ1) is 10.5. The fourth-order valence-electron chi connectivity index (χ4n) is 1.71. The van der Waals surface area contributed by atoms with Crippen molar-refractivity contribution in [2.45, 2.75) is 13.0 Å². The zero-order valence-corrected chi connectivity index (χ0v) is 11.7. The van der Waals surface area contributed by atoms with Crippen molar-refractivity contribution < 1.29 is 23.8 Å². The molecule has 0 aromatic heterocycles. The molecule has 2 aromatic carbocycles. The van der Waals surface area contributed by atoms with Gasteiger partial charge in [-0.25, -0.2) is 9.18 Å². The molecule has 114 valence electrons. The van der Waals surface area contributed by atoms with E-state index in [-0.39, 0.29) is 11.4 Å². The van der Waals surface area contributed by atoms with Crippen LogP contribution in [0.15, 0.2) is 48.5 Å². The third kappa shape index (κ3) is 4.05. The lowest BCUT2D eigenvalue weighted by atomic mass is 10.2. The maximum Gasteiger partial charge on any atom is 0.335 e. The second-order valence-electron chi connectivity index (χ2n) is 4.59. The summed E-state index contributed by atoms with van der Waals surface area (Å²) in [5, 5.41) is 11.4. The quantitative estimate of drug-likeness (QED) is 0.890. The molecule has 0 unspecified atom stereocenters. The summed E-state index contributed by atoms with van der Waals surface area (Å²) in [4.78, 5) is 22.7. The van der Waals surface area contributed by atoms with Gasteiger partial charge in [0, 0.05) is 5.69 Å². The van der Waals surface area contributed by atoms with Crippen LogP contribution in [-0.2, 0) is 4.79 Å². The van der Waals surface area contributed by atoms with Gasteiger partial charge in [-0.3, -0.25) is 4.79 Å². The van der Waals surface area contributed by atoms with Crippen LogP contribution in [0.1, 0.15) is 17.3 Å². The van der Waals surface area contributed by atoms with Crippen molar-refractivity contribution in [1.82, 2.24) is 0 Å². The first-order valence-corrected chi connectivity index (χ1v) is 6.52. The van der Waals surface area contributed by atoms with Gasteiger partial charge in [0.1, 0.15) is 11.6 Å². The summed E-state index contributed by atoms with van der Waals surface area (Å²) < 4.78 is 18.2. The molecular formula is C16H14FNO4. The molecule has 0 aliphatic rings. The highest BCUT2D eigenvalue weighted by atomic mass is 19.1. The number of carboxylic acid groups (broad SMARTS) is 1. The minimum absolute atomic E-state index is 0.133. The standard InChI is InChI=1S/C16H14FNO4/c1-10(22-14-8-4-12(17)5-9-14)15(19)18-13-6-2-11(3-7-13)16(20)21/h2-10H,1H3,(H,18,19)(H,20,21)/t10-/m1/s1. The molecule has 1 atom stereocenters. The van der Waals surface area contributed by atoms with E-state index in [1.54, 1.807) is 6.92 Å². The lowest BCUT2D eigenvalue weighted by molar-refractivity contribution is -0.122. The summed E-state index contributed by atoms with van der Waals surface area (Å²) in [6, 6.07) is 11.1. The number of ether oxygens (including phenoxy) is 1. The number of carbonyl (C=O) groups excluding carboxylic acids is 1. The third-order valence-corrected chi connectivity index (χ3v) is 2.90. The number of benzene rings is 2. The molecule has 0 saturated heterocycles. The van der Waals surface area contributed by atoms with Crippen molar-refractivity contribution in [3.8, 4) is 5.75 Å². The Morgan fingerprint density at radius 2 is 1.68 bits per heavy atom. The van der Waals surface area contributed by atoms with Gasteiger partial charge in [0.2, 0.25) is 0 Å². The van der Waals surface area contributed by atoms with Crippen molar-refractivity contribution in [3.05, 3.63) is 59.9 Å². The molecule has 0 spiro atoms. The number of nitrogens with one attached hydrogen (secondary N) is 1. The maximum absolute atomic E-state index is 12.8. The van der Waals surface area contributed by atoms with Crippen LogP contribution in [0.2, 0.25) is 0 Å². The molecule has 5 nitrogen and oxygen atoms in total. The Hall–Kier alpha value is -2.89. The minimum atomic E-state index is -1.04. The van der Waals surface area contributed by atoms with Crippen LogP contribution in [0.3, 0.4) is 0 Å². The van der Waals surface area contributed by atoms with E-state index in [0.717, 1.165) is 0 Å². The summed E-state index contributed by atoms with van der Waals surface area (Å²) in [6.07, 6.45) is -0.787. The maximum atomic E-state index is 12.8. The molecule has 6 heteroatoms. The predicted octanol–water partition coefficient (Wildman–Crippen LogP) is 2.93. The number of hydrogen-bond donors (Lipinski definition) is 2. The van der Waals surface area contributed by atoms with Crippen molar-refractivity contribution in [2.24, 2.45) is 0 Å². The summed E-state index contributed by atoms with van der Waals surface area (Å²) in [5.41, 5.74) is 0.596. The van der Waals surface area contributed by atoms with Gasteiger partial charge in [0.25, 0.3) is 5.91 Å². The Labute approximate surface area is 126 Å². The highest BCUT2D eigenvalue weighted by Crippen LogP contribution is 2.15. The number of carbonyl (C=O) groups is 2. The van der Waals surface area contributed by atoms with Gasteiger partial charge in [0.05, 0.1) is 5.56 Å². The first kappa shape index (κ1) is 15.5. The van der Waals surface area contributed by atoms with Crippen LogP contribution in [0, 0.1) is 5.82 Å². The van der Waals surface area contributed by atoms with Crippen LogP contribution >= 0.6 is 0 Å². The second kappa shape index (κ2) is 6.71. The Morgan fingerprint density at radius 3 is 2.23 bits per heavy atom. The predicted molar refractivity (Wildman–Crippen MR) is 78.5 cm³/mol. The number of carboxylic acids is 1. The number of rotatable bonds is 5. The zero-order chi connectivity index (χ0) is 16.1. The SMILES string of the molecule is C[C@@H](Oc1ccc(F)cc1)C(=O)Nc1ccc(C(=O)O)cc1. The minimum Gasteiger partial charge on any atom is -0.481 e. The molecule has 0 heterocycles. The van der Waals surface area contributed by atoms with Gasteiger partial charge in [-0.05, 0) is 55.5 Å². The summed E-state index contributed by atoms with van der Waals surface area (Å²) in [7, 11) is 0. The van der Waals surface area contributed by atoms with E-state index in [4.69, 9.17) is 9.84 Å². The molecule has 1 amide bonds. The smallest absolute Gasteiger partial charge is 0.335 e. The second-order valence-corrected chi connectivity index (χ2v) is 4.59. The molecule has 0 bridgehead atoms. The van der Waals surface area contributed by atoms with Crippen molar-refractivity contribution in [2.75, 3.05) is 5.32 Å². The molecule has 0 fully saturated rings. The van der Waals surface area contributed by atoms with E-state index in [2.05, 4.69) is 5.32 Å². The van der Waals surface area contributed by atoms with Gasteiger partial charge in [0.15, 0.2) is 6.10 Å². The van der Waals surface area contributed by atoms with Gasteiger partial charge >= 0.3 is 5.97 Å². The summed E-state index contributed by atoms with van der Waals surface area (Å²) in [5.74, 6) is -1.44. The van der Waals surface area contributed by atoms with Crippen LogP contribution in [0.4, 0.5) is 10.1 Å². The van der Waals surface area contributed by atoms with E-state index in [1.807, 2.05) is 0 Å². The molecule has 22 heavy (non-hydrogen) atoms. The normalized spacial score (nSPS) is 11.5. The largest absolute Gasteiger partial charge is 0.481 e. The Kier molecular flexibility index (Phi) is 4.73. The molecule has 2 rings (SSSR count). The Morgan fingerprint density at radius 1 is 1.09 bits per heavy atom. The highest BCUT2D eigenvalue weighted by molar-refractivity contribution is 5.95. The van der Waals surface area contributed by atoms with E-state index in [9.17, 15) is 14.0 Å². The van der Waals surface area contributed by atoms with Gasteiger partial charge in [-0.2, -0.15) is 0 Å². The fourth-order valence-corrected chi connectivity index (χ4v) is 1.71. The lowest BCUT2D eigenvalue weighted by Crippen LogP contribution is -2.30. The lowest BCUT2D eigenvalue weighted by Gasteiger charge is -2.14. The number of amides is 1. The van der Waals surface area contributed by atoms with Gasteiger partial charge in [-0.15, -0.1) is 0 Å². The molecule has 0 radical (unpaired) electrons. The molecule has 0 aliphatic heterocycles. The topological polar surface area (TPSA) is 75.6 Å². The van der Waals surface area contributed by atoms with Crippen LogP contribution in [-0.4, -0.2) is 23.1 Å². The van der Waals surface area contributed by atoms with E-state index in [1.165, 1.54) is 48.5 Å². The molecule has 0 saturated carbocycles. The average Bonchev–Trinajstić information content (AvgIpc) is 2.50. The van der Waals surface area contributed by atoms with E-state index >= 15 is 0 Å². The van der Waals surface area contributed by atoms with Gasteiger partial charge in [-0.1, -0.05) is 0 Å². The Balaban J connectivity index is 1.95. The number of aromatic carboxylic acids is 1. The Bertz CT molecular complexity index is 668. The number of anilines is 1. The van der Waals surface area contributed by atoms with Crippen molar-refractivity contribution >= 4 is 17.6 Å². The molecule has 2 N–H and O–H groups in total. The fraction of sp³-hybridized carbons (Fsp3) is 0.125. The van der Waals surface area contributed by atoms with Crippen molar-refractivity contribution in [3.63, 3.8) is 0 Å². The number of halogens is 1. The third-order valence-electron chi connectivity index (χ3n) is 2.90. The van der Waals surface area contributed by atoms with E-state index < -0.39 is 18.0 Å². The summed E-state index contributed by atoms with van der Waals surface area (Å²) in [6.45, 7) is 1.56. The first-order valence-electron chi connectivity index (χ1n) is 6.52. The monoisotopic (exact) mass is 303 g/mol. The average molecular weight is 303 g/mol. The van der Waals surface area contributed by atoms with Crippen LogP contribution in [0.5, 0.6) is 5.75 Å². The zero-order valence-electron chi connectivity index (χ0n) is 11.7. The van der Waals surface area contributed by atoms with Crippen LogP contribution in [0.25, 0.3) is 0 Å². The molecule has 2 aromatic rings. The summed E-state index contributed by atoms with van der Waals surface area (Å²) >= 11 is 0. The van der Waals surface area contributed by atoms with E-state index in [0.29, 0.717) is 11.4 Å². The van der Waals surface area contributed by atoms with Crippen molar-refractivity contribution in [1.29, 1.82) is 0 Å². The highest BCUT2D eigenvalue weighted by Gasteiger charge is 2.15. The molecular weight excluding hydrogens is 289 g/mol. The molecule has 0 aliphatic carbocycles. The van der Waals surface area contributed by atoms with Crippen LogP contribution < -0.4 is 10.1 Å². The van der Waals surface area contributed by atoms with Gasteiger partial charge < -0.3 is 15.2 Å². The number of hydrogen-bond acceptors (Lipinski definition) is 3.